The minimum atomic E-state index is -0.405. The molecule has 1 atom stereocenters. The number of aromatic nitrogens is 3. The van der Waals surface area contributed by atoms with Crippen molar-refractivity contribution in [3.8, 4) is 5.88 Å². The normalized spacial score (nSPS) is 17.2. The largest absolute Gasteiger partial charge is 0.476 e. The van der Waals surface area contributed by atoms with E-state index in [2.05, 4.69) is 36.0 Å². The molecule has 1 aliphatic heterocycles. The predicted molar refractivity (Wildman–Crippen MR) is 99.2 cm³/mol. The molecule has 0 aromatic carbocycles. The van der Waals surface area contributed by atoms with Crippen molar-refractivity contribution in [2.24, 2.45) is 5.92 Å². The Balaban J connectivity index is 1.53. The smallest absolute Gasteiger partial charge is 0.272 e. The molecule has 0 aliphatic carbocycles. The number of carbonyl (C=O) groups excluding carboxylic acids is 1. The summed E-state index contributed by atoms with van der Waals surface area (Å²) in [6, 6.07) is 6.47. The van der Waals surface area contributed by atoms with Gasteiger partial charge in [-0.3, -0.25) is 4.79 Å². The van der Waals surface area contributed by atoms with Crippen molar-refractivity contribution in [1.29, 1.82) is 0 Å². The Hall–Kier alpha value is -2.57. The average Bonchev–Trinajstić information content (AvgIpc) is 3.10. The molecule has 3 rings (SSSR count). The molecule has 1 amide bonds. The standard InChI is InChI=1S/C20H25FN4O2/c1-13-15(21)5-6-16(22-13)19(26)25-10-9-14(11-25)12-27-18-8-7-17(23-24-18)20(2,3)4/h5-8,14H,9-12H2,1-4H3. The number of halogens is 1. The summed E-state index contributed by atoms with van der Waals surface area (Å²) in [5, 5.41) is 8.34. The van der Waals surface area contributed by atoms with Crippen LogP contribution in [0.2, 0.25) is 0 Å². The summed E-state index contributed by atoms with van der Waals surface area (Å²) in [4.78, 5) is 18.3. The number of aryl methyl sites for hydroxylation is 1. The Morgan fingerprint density at radius 3 is 2.67 bits per heavy atom. The van der Waals surface area contributed by atoms with E-state index in [1.54, 1.807) is 11.8 Å². The van der Waals surface area contributed by atoms with Gasteiger partial charge in [0.2, 0.25) is 5.88 Å². The van der Waals surface area contributed by atoms with Gasteiger partial charge in [0.15, 0.2) is 0 Å². The fourth-order valence-corrected chi connectivity index (χ4v) is 2.98. The van der Waals surface area contributed by atoms with E-state index in [1.807, 2.05) is 12.1 Å². The van der Waals surface area contributed by atoms with E-state index in [1.165, 1.54) is 12.1 Å². The lowest BCUT2D eigenvalue weighted by atomic mass is 9.92. The van der Waals surface area contributed by atoms with Gasteiger partial charge in [0.25, 0.3) is 5.91 Å². The zero-order valence-electron chi connectivity index (χ0n) is 16.2. The van der Waals surface area contributed by atoms with Crippen molar-refractivity contribution in [3.05, 3.63) is 47.2 Å². The molecular formula is C20H25FN4O2. The molecule has 2 aromatic rings. The molecule has 3 heterocycles. The van der Waals surface area contributed by atoms with Gasteiger partial charge in [0, 0.05) is 30.5 Å². The van der Waals surface area contributed by atoms with E-state index in [4.69, 9.17) is 4.74 Å². The molecule has 27 heavy (non-hydrogen) atoms. The molecule has 1 aliphatic rings. The van der Waals surface area contributed by atoms with Gasteiger partial charge in [-0.25, -0.2) is 9.37 Å². The second kappa shape index (κ2) is 7.58. The van der Waals surface area contributed by atoms with Crippen LogP contribution >= 0.6 is 0 Å². The molecule has 1 fully saturated rings. The number of nitrogens with zero attached hydrogens (tertiary/aromatic N) is 4. The summed E-state index contributed by atoms with van der Waals surface area (Å²) in [6.45, 7) is 9.50. The van der Waals surface area contributed by atoms with Gasteiger partial charge < -0.3 is 9.64 Å². The Labute approximate surface area is 158 Å². The first-order valence-corrected chi connectivity index (χ1v) is 9.13. The van der Waals surface area contributed by atoms with Crippen molar-refractivity contribution < 1.29 is 13.9 Å². The summed E-state index contributed by atoms with van der Waals surface area (Å²) < 4.78 is 19.1. The second-order valence-corrected chi connectivity index (χ2v) is 7.99. The van der Waals surface area contributed by atoms with Crippen molar-refractivity contribution in [1.82, 2.24) is 20.1 Å². The Bertz CT molecular complexity index is 818. The SMILES string of the molecule is Cc1nc(C(=O)N2CCC(COc3ccc(C(C)(C)C)nn3)C2)ccc1F. The maximum Gasteiger partial charge on any atom is 0.272 e. The Morgan fingerprint density at radius 2 is 2.04 bits per heavy atom. The van der Waals surface area contributed by atoms with Crippen molar-refractivity contribution in [3.63, 3.8) is 0 Å². The first-order chi connectivity index (χ1) is 12.7. The van der Waals surface area contributed by atoms with Gasteiger partial charge >= 0.3 is 0 Å². The number of ether oxygens (including phenoxy) is 1. The summed E-state index contributed by atoms with van der Waals surface area (Å²) >= 11 is 0. The van der Waals surface area contributed by atoms with E-state index in [9.17, 15) is 9.18 Å². The summed E-state index contributed by atoms with van der Waals surface area (Å²) in [5.74, 6) is 0.135. The van der Waals surface area contributed by atoms with Crippen LogP contribution < -0.4 is 4.74 Å². The third-order valence-electron chi connectivity index (χ3n) is 4.69. The molecule has 2 aromatic heterocycles. The molecule has 0 N–H and O–H groups in total. The van der Waals surface area contributed by atoms with Gasteiger partial charge in [-0.05, 0) is 31.5 Å². The fourth-order valence-electron chi connectivity index (χ4n) is 2.98. The van der Waals surface area contributed by atoms with Gasteiger partial charge in [0.1, 0.15) is 11.5 Å². The lowest BCUT2D eigenvalue weighted by molar-refractivity contribution is 0.0776. The maximum atomic E-state index is 13.3. The van der Waals surface area contributed by atoms with Crippen LogP contribution in [0.3, 0.4) is 0 Å². The summed E-state index contributed by atoms with van der Waals surface area (Å²) in [5.41, 5.74) is 1.37. The number of hydrogen-bond acceptors (Lipinski definition) is 5. The van der Waals surface area contributed by atoms with Crippen LogP contribution in [0, 0.1) is 18.7 Å². The highest BCUT2D eigenvalue weighted by molar-refractivity contribution is 5.92. The lowest BCUT2D eigenvalue weighted by Crippen LogP contribution is -2.30. The van der Waals surface area contributed by atoms with Crippen molar-refractivity contribution in [2.45, 2.75) is 39.5 Å². The van der Waals surface area contributed by atoms with Crippen LogP contribution in [0.25, 0.3) is 0 Å². The second-order valence-electron chi connectivity index (χ2n) is 7.99. The number of rotatable bonds is 4. The van der Waals surface area contributed by atoms with E-state index < -0.39 is 5.82 Å². The van der Waals surface area contributed by atoms with E-state index >= 15 is 0 Å². The third kappa shape index (κ3) is 4.59. The van der Waals surface area contributed by atoms with E-state index in [-0.39, 0.29) is 28.6 Å². The van der Waals surface area contributed by atoms with Crippen LogP contribution in [0.15, 0.2) is 24.3 Å². The molecular weight excluding hydrogens is 347 g/mol. The molecule has 7 heteroatoms. The molecule has 0 saturated carbocycles. The number of likely N-dealkylation sites (tertiary alicyclic amines) is 1. The quantitative estimate of drug-likeness (QED) is 0.825. The minimum Gasteiger partial charge on any atom is -0.476 e. The highest BCUT2D eigenvalue weighted by atomic mass is 19.1. The molecule has 0 bridgehead atoms. The van der Waals surface area contributed by atoms with Crippen LogP contribution in [0.1, 0.15) is 49.1 Å². The van der Waals surface area contributed by atoms with Crippen LogP contribution in [0.4, 0.5) is 4.39 Å². The van der Waals surface area contributed by atoms with E-state index in [0.29, 0.717) is 25.6 Å². The van der Waals surface area contributed by atoms with Gasteiger partial charge in [0.05, 0.1) is 18.0 Å². The van der Waals surface area contributed by atoms with Crippen molar-refractivity contribution in [2.75, 3.05) is 19.7 Å². The molecule has 144 valence electrons. The first kappa shape index (κ1) is 19.2. The van der Waals surface area contributed by atoms with Gasteiger partial charge in [-0.15, -0.1) is 5.10 Å². The minimum absolute atomic E-state index is 0.0510. The highest BCUT2D eigenvalue weighted by Gasteiger charge is 2.28. The summed E-state index contributed by atoms with van der Waals surface area (Å²) in [7, 11) is 0. The molecule has 0 spiro atoms. The van der Waals surface area contributed by atoms with Gasteiger partial charge in [-0.1, -0.05) is 20.8 Å². The van der Waals surface area contributed by atoms with Crippen LogP contribution in [-0.2, 0) is 5.41 Å². The first-order valence-electron chi connectivity index (χ1n) is 9.13. The monoisotopic (exact) mass is 372 g/mol. The van der Waals surface area contributed by atoms with Crippen molar-refractivity contribution >= 4 is 5.91 Å². The molecule has 1 saturated heterocycles. The Morgan fingerprint density at radius 1 is 1.26 bits per heavy atom. The molecule has 6 nitrogen and oxygen atoms in total. The van der Waals surface area contributed by atoms with Crippen LogP contribution in [0.5, 0.6) is 5.88 Å². The average molecular weight is 372 g/mol. The highest BCUT2D eigenvalue weighted by Crippen LogP contribution is 2.22. The Kier molecular flexibility index (Phi) is 5.39. The van der Waals surface area contributed by atoms with Crippen LogP contribution in [-0.4, -0.2) is 45.7 Å². The molecule has 0 radical (unpaired) electrons. The predicted octanol–water partition coefficient (Wildman–Crippen LogP) is 3.16. The number of pyridine rings is 1. The number of hydrogen-bond donors (Lipinski definition) is 0. The number of amides is 1. The maximum absolute atomic E-state index is 13.3. The van der Waals surface area contributed by atoms with Gasteiger partial charge in [-0.2, -0.15) is 5.10 Å². The topological polar surface area (TPSA) is 68.2 Å². The lowest BCUT2D eigenvalue weighted by Gasteiger charge is -2.18. The number of carbonyl (C=O) groups is 1. The zero-order valence-corrected chi connectivity index (χ0v) is 16.2. The fraction of sp³-hybridized carbons (Fsp3) is 0.500. The zero-order chi connectivity index (χ0) is 19.6. The van der Waals surface area contributed by atoms with E-state index in [0.717, 1.165) is 12.1 Å². The summed E-state index contributed by atoms with van der Waals surface area (Å²) in [6.07, 6.45) is 0.847. The third-order valence-corrected chi connectivity index (χ3v) is 4.69. The molecule has 1 unspecified atom stereocenters.